The van der Waals surface area contributed by atoms with Crippen LogP contribution in [0.25, 0.3) is 0 Å². The summed E-state index contributed by atoms with van der Waals surface area (Å²) in [5.74, 6) is -0.476. The lowest BCUT2D eigenvalue weighted by atomic mass is 10.3. The van der Waals surface area contributed by atoms with Gasteiger partial charge in [-0.1, -0.05) is 6.92 Å². The zero-order chi connectivity index (χ0) is 11.2. The van der Waals surface area contributed by atoms with Crippen LogP contribution in [0.15, 0.2) is 0 Å². The Hall–Kier alpha value is -0.450. The van der Waals surface area contributed by atoms with E-state index in [2.05, 4.69) is 0 Å². The van der Waals surface area contributed by atoms with E-state index in [1.807, 2.05) is 0 Å². The van der Waals surface area contributed by atoms with Crippen molar-refractivity contribution in [3.63, 3.8) is 0 Å². The molecule has 1 amide bonds. The molecule has 0 atom stereocenters. The van der Waals surface area contributed by atoms with Gasteiger partial charge in [0.05, 0.1) is 0 Å². The van der Waals surface area contributed by atoms with Crippen LogP contribution in [0.4, 0.5) is 13.2 Å². The lowest BCUT2D eigenvalue weighted by Gasteiger charge is -2.22. The first-order valence-corrected chi connectivity index (χ1v) is 4.84. The molecular formula is C8H13ClF3NO. The largest absolute Gasteiger partial charge is 0.406 e. The lowest BCUT2D eigenvalue weighted by molar-refractivity contribution is -0.160. The highest BCUT2D eigenvalue weighted by Crippen LogP contribution is 2.17. The number of alkyl halides is 4. The fourth-order valence-corrected chi connectivity index (χ4v) is 1.19. The van der Waals surface area contributed by atoms with E-state index in [4.69, 9.17) is 11.6 Å². The zero-order valence-corrected chi connectivity index (χ0v) is 8.66. The van der Waals surface area contributed by atoms with Crippen LogP contribution in [-0.2, 0) is 4.79 Å². The third-order valence-corrected chi connectivity index (χ3v) is 1.71. The molecule has 0 spiro atoms. The molecule has 6 heteroatoms. The highest BCUT2D eigenvalue weighted by Gasteiger charge is 2.32. The third-order valence-electron chi connectivity index (χ3n) is 1.54. The van der Waals surface area contributed by atoms with Gasteiger partial charge >= 0.3 is 6.18 Å². The predicted octanol–water partition coefficient (Wildman–Crippen LogP) is 2.42. The van der Waals surface area contributed by atoms with Crippen LogP contribution in [-0.4, -0.2) is 36.0 Å². The van der Waals surface area contributed by atoms with Crippen molar-refractivity contribution < 1.29 is 18.0 Å². The van der Waals surface area contributed by atoms with Gasteiger partial charge in [-0.2, -0.15) is 13.2 Å². The highest BCUT2D eigenvalue weighted by atomic mass is 35.5. The van der Waals surface area contributed by atoms with E-state index in [1.54, 1.807) is 6.92 Å². The standard InChI is InChI=1S/C8H13ClF3NO/c1-2-3-7(14)13(5-4-9)6-8(10,11)12/h2-6H2,1H3. The molecule has 14 heavy (non-hydrogen) atoms. The monoisotopic (exact) mass is 231 g/mol. The molecule has 0 bridgehead atoms. The molecule has 0 heterocycles. The minimum Gasteiger partial charge on any atom is -0.332 e. The Kier molecular flexibility index (Phi) is 5.92. The van der Waals surface area contributed by atoms with Gasteiger partial charge in [-0.05, 0) is 6.42 Å². The van der Waals surface area contributed by atoms with Crippen molar-refractivity contribution >= 4 is 17.5 Å². The fraction of sp³-hybridized carbons (Fsp3) is 0.875. The van der Waals surface area contributed by atoms with Crippen LogP contribution in [0.5, 0.6) is 0 Å². The highest BCUT2D eigenvalue weighted by molar-refractivity contribution is 6.18. The van der Waals surface area contributed by atoms with Crippen LogP contribution < -0.4 is 0 Å². The minimum atomic E-state index is -4.35. The Balaban J connectivity index is 4.21. The van der Waals surface area contributed by atoms with Crippen LogP contribution >= 0.6 is 11.6 Å². The Morgan fingerprint density at radius 2 is 2.00 bits per heavy atom. The summed E-state index contributed by atoms with van der Waals surface area (Å²) in [5.41, 5.74) is 0. The van der Waals surface area contributed by atoms with Crippen LogP contribution in [0, 0.1) is 0 Å². The van der Waals surface area contributed by atoms with E-state index in [0.29, 0.717) is 6.42 Å². The molecule has 0 radical (unpaired) electrons. The van der Waals surface area contributed by atoms with Gasteiger partial charge in [0.2, 0.25) is 5.91 Å². The Morgan fingerprint density at radius 3 is 2.36 bits per heavy atom. The molecule has 0 aliphatic rings. The van der Waals surface area contributed by atoms with Gasteiger partial charge in [-0.15, -0.1) is 11.6 Å². The number of rotatable bonds is 5. The minimum absolute atomic E-state index is 0.0194. The summed E-state index contributed by atoms with van der Waals surface area (Å²) in [6.45, 7) is 0.475. The predicted molar refractivity (Wildman–Crippen MR) is 48.3 cm³/mol. The van der Waals surface area contributed by atoms with Crippen LogP contribution in [0.1, 0.15) is 19.8 Å². The van der Waals surface area contributed by atoms with Gasteiger partial charge < -0.3 is 4.90 Å². The second kappa shape index (κ2) is 6.11. The van der Waals surface area contributed by atoms with Gasteiger partial charge in [-0.25, -0.2) is 0 Å². The van der Waals surface area contributed by atoms with Gasteiger partial charge in [-0.3, -0.25) is 4.79 Å². The average molecular weight is 232 g/mol. The Morgan fingerprint density at radius 1 is 1.43 bits per heavy atom. The van der Waals surface area contributed by atoms with Gasteiger partial charge in [0.25, 0.3) is 0 Å². The van der Waals surface area contributed by atoms with Crippen molar-refractivity contribution in [3.8, 4) is 0 Å². The van der Waals surface area contributed by atoms with Crippen molar-refractivity contribution in [2.45, 2.75) is 25.9 Å². The molecule has 0 aliphatic heterocycles. The summed E-state index contributed by atoms with van der Waals surface area (Å²) < 4.78 is 36.0. The molecule has 0 N–H and O–H groups in total. The zero-order valence-electron chi connectivity index (χ0n) is 7.90. The van der Waals surface area contributed by atoms with Gasteiger partial charge in [0.1, 0.15) is 6.54 Å². The maximum Gasteiger partial charge on any atom is 0.406 e. The number of amides is 1. The summed E-state index contributed by atoms with van der Waals surface area (Å²) >= 11 is 5.31. The molecule has 0 unspecified atom stereocenters. The summed E-state index contributed by atoms with van der Waals surface area (Å²) in [5, 5.41) is 0. The second-order valence-corrected chi connectivity index (χ2v) is 3.25. The summed E-state index contributed by atoms with van der Waals surface area (Å²) in [6, 6.07) is 0. The van der Waals surface area contributed by atoms with Gasteiger partial charge in [0.15, 0.2) is 0 Å². The number of halogens is 4. The van der Waals surface area contributed by atoms with Crippen LogP contribution in [0.3, 0.4) is 0 Å². The molecule has 0 fully saturated rings. The van der Waals surface area contributed by atoms with Crippen molar-refractivity contribution in [1.29, 1.82) is 0 Å². The molecule has 0 rings (SSSR count). The van der Waals surface area contributed by atoms with Crippen molar-refractivity contribution in [2.24, 2.45) is 0 Å². The number of nitrogens with zero attached hydrogens (tertiary/aromatic N) is 1. The molecule has 84 valence electrons. The summed E-state index contributed by atoms with van der Waals surface area (Å²) in [4.78, 5) is 11.9. The molecule has 0 saturated carbocycles. The molecule has 0 aliphatic carbocycles. The molecule has 2 nitrogen and oxygen atoms in total. The fourth-order valence-electron chi connectivity index (χ4n) is 0.982. The number of carbonyl (C=O) groups excluding carboxylic acids is 1. The molecule has 0 aromatic carbocycles. The summed E-state index contributed by atoms with van der Waals surface area (Å²) in [6.07, 6.45) is -3.68. The van der Waals surface area contributed by atoms with Crippen LogP contribution in [0.2, 0.25) is 0 Å². The van der Waals surface area contributed by atoms with E-state index in [-0.39, 0.29) is 18.8 Å². The Bertz CT molecular complexity index is 184. The second-order valence-electron chi connectivity index (χ2n) is 2.87. The number of hydrogen-bond acceptors (Lipinski definition) is 1. The first kappa shape index (κ1) is 13.5. The van der Waals surface area contributed by atoms with Crippen molar-refractivity contribution in [2.75, 3.05) is 19.0 Å². The van der Waals surface area contributed by atoms with Crippen molar-refractivity contribution in [3.05, 3.63) is 0 Å². The topological polar surface area (TPSA) is 20.3 Å². The molecule has 0 aromatic rings. The smallest absolute Gasteiger partial charge is 0.332 e. The maximum absolute atomic E-state index is 12.0. The van der Waals surface area contributed by atoms with E-state index in [9.17, 15) is 18.0 Å². The SMILES string of the molecule is CCCC(=O)N(CCCl)CC(F)(F)F. The quantitative estimate of drug-likeness (QED) is 0.666. The first-order valence-electron chi connectivity index (χ1n) is 4.31. The van der Waals surface area contributed by atoms with E-state index in [1.165, 1.54) is 0 Å². The van der Waals surface area contributed by atoms with E-state index >= 15 is 0 Å². The number of carbonyl (C=O) groups is 1. The molecular weight excluding hydrogens is 219 g/mol. The summed E-state index contributed by atoms with van der Waals surface area (Å²) in [7, 11) is 0. The Labute approximate surface area is 86.0 Å². The van der Waals surface area contributed by atoms with E-state index in [0.717, 1.165) is 4.90 Å². The number of hydrogen-bond donors (Lipinski definition) is 0. The average Bonchev–Trinajstić information content (AvgIpc) is 2.01. The van der Waals surface area contributed by atoms with E-state index < -0.39 is 18.6 Å². The normalized spacial score (nSPS) is 11.5. The van der Waals surface area contributed by atoms with Crippen molar-refractivity contribution in [1.82, 2.24) is 4.90 Å². The molecule has 0 saturated heterocycles. The van der Waals surface area contributed by atoms with Gasteiger partial charge in [0, 0.05) is 18.8 Å². The lowest BCUT2D eigenvalue weighted by Crippen LogP contribution is -2.39. The maximum atomic E-state index is 12.0. The third kappa shape index (κ3) is 6.07. The first-order chi connectivity index (χ1) is 6.40. The molecule has 0 aromatic heterocycles.